The molecule has 1 saturated carbocycles. The molecule has 0 aromatic rings. The Morgan fingerprint density at radius 1 is 1.35 bits per heavy atom. The van der Waals surface area contributed by atoms with Crippen LogP contribution in [0.25, 0.3) is 0 Å². The van der Waals surface area contributed by atoms with Gasteiger partial charge in [-0.05, 0) is 44.4 Å². The van der Waals surface area contributed by atoms with Crippen LogP contribution in [-0.4, -0.2) is 52.5 Å². The first-order chi connectivity index (χ1) is 12.5. The summed E-state index contributed by atoms with van der Waals surface area (Å²) >= 11 is 0. The number of carboxylic acid groups (broad SMARTS) is 1. The van der Waals surface area contributed by atoms with Gasteiger partial charge < -0.3 is 24.8 Å². The van der Waals surface area contributed by atoms with Crippen LogP contribution in [0.4, 0.5) is 0 Å². The summed E-state index contributed by atoms with van der Waals surface area (Å²) in [5.41, 5.74) is 0. The zero-order valence-corrected chi connectivity index (χ0v) is 15.8. The Labute approximate surface area is 156 Å². The summed E-state index contributed by atoms with van der Waals surface area (Å²) in [7, 11) is 0. The molecule has 0 spiro atoms. The van der Waals surface area contributed by atoms with Crippen molar-refractivity contribution in [3.05, 3.63) is 12.2 Å². The molecule has 1 aliphatic carbocycles. The second-order valence-corrected chi connectivity index (χ2v) is 7.56. The molecule has 26 heavy (non-hydrogen) atoms. The third-order valence-corrected chi connectivity index (χ3v) is 5.48. The van der Waals surface area contributed by atoms with Crippen molar-refractivity contribution in [3.63, 3.8) is 0 Å². The first-order valence-electron chi connectivity index (χ1n) is 10.0. The number of carboxylic acids is 1. The zero-order valence-electron chi connectivity index (χ0n) is 15.8. The van der Waals surface area contributed by atoms with E-state index in [0.717, 1.165) is 32.1 Å². The van der Waals surface area contributed by atoms with Crippen LogP contribution in [0.1, 0.15) is 64.7 Å². The van der Waals surface area contributed by atoms with E-state index >= 15 is 0 Å². The van der Waals surface area contributed by atoms with E-state index in [1.807, 2.05) is 6.08 Å². The fourth-order valence-corrected chi connectivity index (χ4v) is 4.09. The Kier molecular flexibility index (Phi) is 9.05. The van der Waals surface area contributed by atoms with Gasteiger partial charge in [-0.25, -0.2) is 0 Å². The van der Waals surface area contributed by atoms with Crippen molar-refractivity contribution in [2.75, 3.05) is 6.61 Å². The molecular weight excluding hydrogens is 336 g/mol. The van der Waals surface area contributed by atoms with Crippen LogP contribution < -0.4 is 0 Å². The molecule has 150 valence electrons. The maximum absolute atomic E-state index is 11.2. The highest BCUT2D eigenvalue weighted by Crippen LogP contribution is 2.41. The van der Waals surface area contributed by atoms with E-state index in [1.165, 1.54) is 0 Å². The van der Waals surface area contributed by atoms with E-state index in [0.29, 0.717) is 25.9 Å². The van der Waals surface area contributed by atoms with Gasteiger partial charge in [-0.15, -0.1) is 0 Å². The summed E-state index contributed by atoms with van der Waals surface area (Å²) in [5, 5.41) is 29.7. The smallest absolute Gasteiger partial charge is 0.303 e. The van der Waals surface area contributed by atoms with Crippen molar-refractivity contribution in [1.29, 1.82) is 0 Å². The number of aliphatic carboxylic acids is 1. The van der Waals surface area contributed by atoms with Crippen LogP contribution in [0.5, 0.6) is 0 Å². The summed E-state index contributed by atoms with van der Waals surface area (Å²) in [6.07, 6.45) is 8.52. The van der Waals surface area contributed by atoms with Gasteiger partial charge in [-0.2, -0.15) is 0 Å². The van der Waals surface area contributed by atoms with Gasteiger partial charge in [-0.3, -0.25) is 4.79 Å². The number of ether oxygens (including phenoxy) is 2. The summed E-state index contributed by atoms with van der Waals surface area (Å²) in [5.74, 6) is -1.33. The van der Waals surface area contributed by atoms with Gasteiger partial charge in [0.2, 0.25) is 0 Å². The number of unbranched alkanes of at least 4 members (excludes halogenated alkanes) is 1. The number of rotatable bonds is 10. The molecule has 6 heteroatoms. The lowest BCUT2D eigenvalue weighted by atomic mass is 9.86. The van der Waals surface area contributed by atoms with E-state index < -0.39 is 18.2 Å². The van der Waals surface area contributed by atoms with Crippen molar-refractivity contribution in [2.45, 2.75) is 89.3 Å². The number of hydrogen-bond donors (Lipinski definition) is 3. The molecule has 0 radical (unpaired) electrons. The molecule has 2 unspecified atom stereocenters. The largest absolute Gasteiger partial charge is 0.481 e. The number of aliphatic hydroxyl groups excluding tert-OH is 2. The van der Waals surface area contributed by atoms with Crippen LogP contribution in [0, 0.1) is 11.8 Å². The molecule has 6 atom stereocenters. The van der Waals surface area contributed by atoms with E-state index in [1.54, 1.807) is 6.08 Å². The Balaban J connectivity index is 1.96. The molecule has 2 rings (SSSR count). The van der Waals surface area contributed by atoms with E-state index in [9.17, 15) is 20.1 Å². The van der Waals surface area contributed by atoms with Crippen molar-refractivity contribution in [1.82, 2.24) is 0 Å². The first kappa shape index (κ1) is 21.4. The van der Waals surface area contributed by atoms with Crippen LogP contribution >= 0.6 is 0 Å². The molecule has 0 bridgehead atoms. The van der Waals surface area contributed by atoms with Crippen molar-refractivity contribution in [2.24, 2.45) is 11.8 Å². The quantitative estimate of drug-likeness (QED) is 0.512. The molecule has 1 aliphatic heterocycles. The predicted octanol–water partition coefficient (Wildman–Crippen LogP) is 2.87. The van der Waals surface area contributed by atoms with E-state index in [2.05, 4.69) is 6.92 Å². The van der Waals surface area contributed by atoms with Crippen LogP contribution in [0.15, 0.2) is 12.2 Å². The lowest BCUT2D eigenvalue weighted by Crippen LogP contribution is -2.32. The molecular formula is C20H34O6. The number of aliphatic hydroxyl groups is 2. The number of carbonyl (C=O) groups is 1. The molecule has 0 aromatic carbocycles. The maximum atomic E-state index is 11.2. The van der Waals surface area contributed by atoms with E-state index in [4.69, 9.17) is 9.47 Å². The first-order valence-corrected chi connectivity index (χ1v) is 10.0. The zero-order chi connectivity index (χ0) is 18.9. The Bertz CT molecular complexity index is 446. The van der Waals surface area contributed by atoms with Crippen LogP contribution in [0.3, 0.4) is 0 Å². The molecule has 2 fully saturated rings. The highest BCUT2D eigenvalue weighted by Gasteiger charge is 2.44. The third kappa shape index (κ3) is 6.65. The highest BCUT2D eigenvalue weighted by atomic mass is 16.7. The number of hydrogen-bond acceptors (Lipinski definition) is 5. The maximum Gasteiger partial charge on any atom is 0.303 e. The fourth-order valence-electron chi connectivity index (χ4n) is 4.09. The minimum atomic E-state index is -0.906. The molecule has 1 saturated heterocycles. The van der Waals surface area contributed by atoms with Crippen molar-refractivity contribution in [3.8, 4) is 0 Å². The molecule has 3 N–H and O–H groups in total. The summed E-state index contributed by atoms with van der Waals surface area (Å²) in [6.45, 7) is 2.77. The van der Waals surface area contributed by atoms with Gasteiger partial charge >= 0.3 is 5.97 Å². The Morgan fingerprint density at radius 2 is 2.15 bits per heavy atom. The summed E-state index contributed by atoms with van der Waals surface area (Å²) in [6, 6.07) is 0. The SMILES string of the molecule is CCC/C=C\C(O)CC[C@@H]1[C@@H](CC(=O)O)[C@@H](O)C[C@H]1OC1CCCCO1. The Morgan fingerprint density at radius 3 is 2.81 bits per heavy atom. The molecule has 2 aliphatic rings. The molecule has 0 aromatic heterocycles. The molecule has 0 amide bonds. The second kappa shape index (κ2) is 11.0. The van der Waals surface area contributed by atoms with Gasteiger partial charge in [0.05, 0.1) is 24.7 Å². The minimum Gasteiger partial charge on any atom is -0.481 e. The predicted molar refractivity (Wildman–Crippen MR) is 97.6 cm³/mol. The van der Waals surface area contributed by atoms with Crippen LogP contribution in [-0.2, 0) is 14.3 Å². The van der Waals surface area contributed by atoms with Crippen molar-refractivity contribution < 1.29 is 29.6 Å². The van der Waals surface area contributed by atoms with Gasteiger partial charge in [0.15, 0.2) is 6.29 Å². The Hall–Kier alpha value is -0.950. The van der Waals surface area contributed by atoms with Gasteiger partial charge in [0.25, 0.3) is 0 Å². The minimum absolute atomic E-state index is 0.0705. The van der Waals surface area contributed by atoms with Gasteiger partial charge in [-0.1, -0.05) is 25.5 Å². The van der Waals surface area contributed by atoms with Crippen LogP contribution in [0.2, 0.25) is 0 Å². The molecule has 6 nitrogen and oxygen atoms in total. The standard InChI is InChI=1S/C20H34O6/c1-2-3-4-7-14(21)9-10-15-16(12-19(23)24)17(22)13-18(15)26-20-8-5-6-11-25-20/h4,7,14-18,20-22H,2-3,5-6,8-13H2,1H3,(H,23,24)/b7-4-/t14?,15-,16-,17+,18-,20?/m1/s1. The van der Waals surface area contributed by atoms with Gasteiger partial charge in [0.1, 0.15) is 0 Å². The molecule has 1 heterocycles. The van der Waals surface area contributed by atoms with Gasteiger partial charge in [0, 0.05) is 18.9 Å². The summed E-state index contributed by atoms with van der Waals surface area (Å²) < 4.78 is 11.8. The average Bonchev–Trinajstić information content (AvgIpc) is 2.88. The summed E-state index contributed by atoms with van der Waals surface area (Å²) in [4.78, 5) is 11.2. The highest BCUT2D eigenvalue weighted by molar-refractivity contribution is 5.67. The number of allylic oxidation sites excluding steroid dienone is 1. The normalized spacial score (nSPS) is 33.6. The fraction of sp³-hybridized carbons (Fsp3) is 0.850. The third-order valence-electron chi connectivity index (χ3n) is 5.48. The van der Waals surface area contributed by atoms with Crippen molar-refractivity contribution >= 4 is 5.97 Å². The second-order valence-electron chi connectivity index (χ2n) is 7.56. The topological polar surface area (TPSA) is 96.2 Å². The van der Waals surface area contributed by atoms with E-state index in [-0.39, 0.29) is 30.7 Å². The average molecular weight is 370 g/mol. The lowest BCUT2D eigenvalue weighted by molar-refractivity contribution is -0.196. The monoisotopic (exact) mass is 370 g/mol. The lowest BCUT2D eigenvalue weighted by Gasteiger charge is -2.30.